The first-order chi connectivity index (χ1) is 20.5. The first-order valence-electron chi connectivity index (χ1n) is 14.7. The van der Waals surface area contributed by atoms with E-state index < -0.39 is 16.6 Å². The molecule has 0 aromatic carbocycles. The third kappa shape index (κ3) is 11.5. The number of amides is 2. The first-order valence-corrected chi connectivity index (χ1v) is 14.7. The van der Waals surface area contributed by atoms with Gasteiger partial charge < -0.3 is 52.5 Å². The summed E-state index contributed by atoms with van der Waals surface area (Å²) in [7, 11) is 0. The molecule has 14 nitrogen and oxygen atoms in total. The van der Waals surface area contributed by atoms with Gasteiger partial charge in [0.25, 0.3) is 5.43 Å². The molecule has 0 aliphatic rings. The van der Waals surface area contributed by atoms with E-state index in [-0.39, 0.29) is 48.2 Å². The highest BCUT2D eigenvalue weighted by molar-refractivity contribution is 5.76. The standard InChI is InChI=1S/C29H48N8O6/c1-19-27(41)28(42)24(18-37(19)13-5-12-35-25(39)8-7-22(33)17-31)43-29-20(2)36(14-9-23(29)38)15-10-26(40)34-11-4-3-6-21(32)16-30/h9,14,18,21-22,41H,3-8,10-13,15-17,30-33H2,1-2H3,(H,34,40)(H,35,39). The zero-order chi connectivity index (χ0) is 31.9. The molecule has 2 amide bonds. The molecular weight excluding hydrogens is 556 g/mol. The molecule has 0 spiro atoms. The van der Waals surface area contributed by atoms with Crippen LogP contribution in [0.4, 0.5) is 0 Å². The van der Waals surface area contributed by atoms with Gasteiger partial charge in [0.1, 0.15) is 0 Å². The lowest BCUT2D eigenvalue weighted by molar-refractivity contribution is -0.122. The van der Waals surface area contributed by atoms with Crippen LogP contribution in [0.3, 0.4) is 0 Å². The maximum atomic E-state index is 12.8. The van der Waals surface area contributed by atoms with Crippen LogP contribution in [0.5, 0.6) is 17.2 Å². The molecule has 0 radical (unpaired) electrons. The summed E-state index contributed by atoms with van der Waals surface area (Å²) in [6.45, 7) is 5.56. The summed E-state index contributed by atoms with van der Waals surface area (Å²) >= 11 is 0. The summed E-state index contributed by atoms with van der Waals surface area (Å²) in [5.74, 6) is -1.05. The van der Waals surface area contributed by atoms with Gasteiger partial charge in [-0.2, -0.15) is 0 Å². The van der Waals surface area contributed by atoms with Gasteiger partial charge in [-0.25, -0.2) is 0 Å². The van der Waals surface area contributed by atoms with Crippen molar-refractivity contribution in [1.82, 2.24) is 19.8 Å². The van der Waals surface area contributed by atoms with Crippen molar-refractivity contribution in [3.63, 3.8) is 0 Å². The summed E-state index contributed by atoms with van der Waals surface area (Å²) in [6, 6.07) is 1.05. The first kappa shape index (κ1) is 35.5. The topological polar surface area (TPSA) is 236 Å². The van der Waals surface area contributed by atoms with Crippen molar-refractivity contribution in [3.8, 4) is 17.2 Å². The lowest BCUT2D eigenvalue weighted by Gasteiger charge is -2.17. The van der Waals surface area contributed by atoms with Crippen molar-refractivity contribution in [1.29, 1.82) is 0 Å². The number of hydrogen-bond donors (Lipinski definition) is 7. The Morgan fingerprint density at radius 2 is 1.51 bits per heavy atom. The van der Waals surface area contributed by atoms with E-state index in [0.29, 0.717) is 63.5 Å². The minimum absolute atomic E-state index is 0.0288. The molecule has 2 heterocycles. The molecule has 2 atom stereocenters. The predicted molar refractivity (Wildman–Crippen MR) is 165 cm³/mol. The number of carbonyl (C=O) groups is 2. The van der Waals surface area contributed by atoms with Crippen LogP contribution in [0.2, 0.25) is 0 Å². The fraction of sp³-hybridized carbons (Fsp3) is 0.586. The van der Waals surface area contributed by atoms with E-state index in [0.717, 1.165) is 19.3 Å². The van der Waals surface area contributed by atoms with Crippen LogP contribution in [-0.4, -0.2) is 64.3 Å². The highest BCUT2D eigenvalue weighted by Gasteiger charge is 2.17. The van der Waals surface area contributed by atoms with Crippen molar-refractivity contribution in [2.24, 2.45) is 22.9 Å². The van der Waals surface area contributed by atoms with E-state index in [1.165, 1.54) is 12.3 Å². The quantitative estimate of drug-likeness (QED) is 0.103. The van der Waals surface area contributed by atoms with Gasteiger partial charge in [0, 0.05) is 76.5 Å². The number of nitrogens with zero attached hydrogens (tertiary/aromatic N) is 2. The van der Waals surface area contributed by atoms with E-state index >= 15 is 0 Å². The molecule has 0 aliphatic carbocycles. The number of nitrogens with one attached hydrogen (secondary N) is 2. The van der Waals surface area contributed by atoms with Crippen LogP contribution in [0.25, 0.3) is 0 Å². The average molecular weight is 605 g/mol. The lowest BCUT2D eigenvalue weighted by Crippen LogP contribution is -2.32. The molecule has 2 aromatic heterocycles. The van der Waals surface area contributed by atoms with Crippen LogP contribution in [0, 0.1) is 13.8 Å². The smallest absolute Gasteiger partial charge is 0.265 e. The molecule has 2 rings (SSSR count). The molecular formula is C29H48N8O6. The van der Waals surface area contributed by atoms with Crippen molar-refractivity contribution in [2.75, 3.05) is 26.2 Å². The molecule has 2 unspecified atom stereocenters. The van der Waals surface area contributed by atoms with Crippen molar-refractivity contribution >= 4 is 11.8 Å². The Balaban J connectivity index is 2.02. The zero-order valence-electron chi connectivity index (χ0n) is 25.3. The van der Waals surface area contributed by atoms with E-state index in [4.69, 9.17) is 27.7 Å². The molecule has 14 heteroatoms. The Morgan fingerprint density at radius 3 is 2.19 bits per heavy atom. The van der Waals surface area contributed by atoms with Gasteiger partial charge in [-0.05, 0) is 39.5 Å². The van der Waals surface area contributed by atoms with E-state index in [9.17, 15) is 24.3 Å². The maximum Gasteiger partial charge on any atom is 0.265 e. The number of pyridine rings is 2. The summed E-state index contributed by atoms with van der Waals surface area (Å²) < 4.78 is 9.12. The Kier molecular flexibility index (Phi) is 14.9. The molecule has 0 saturated heterocycles. The van der Waals surface area contributed by atoms with Crippen LogP contribution < -0.4 is 49.2 Å². The lowest BCUT2D eigenvalue weighted by atomic mass is 10.1. The van der Waals surface area contributed by atoms with Crippen LogP contribution in [0.1, 0.15) is 56.3 Å². The van der Waals surface area contributed by atoms with Gasteiger partial charge in [0.05, 0.1) is 17.6 Å². The number of aromatic nitrogens is 2. The Morgan fingerprint density at radius 1 is 0.884 bits per heavy atom. The number of unbranched alkanes of at least 4 members (excludes halogenated alkanes) is 1. The number of rotatable bonds is 19. The minimum atomic E-state index is -0.751. The summed E-state index contributed by atoms with van der Waals surface area (Å²) in [6.07, 6.45) is 6.94. The summed E-state index contributed by atoms with van der Waals surface area (Å²) in [4.78, 5) is 49.8. The largest absolute Gasteiger partial charge is 0.503 e. The highest BCUT2D eigenvalue weighted by Crippen LogP contribution is 2.23. The number of aryl methyl sites for hydroxylation is 2. The van der Waals surface area contributed by atoms with Gasteiger partial charge in [-0.1, -0.05) is 6.42 Å². The fourth-order valence-electron chi connectivity index (χ4n) is 4.34. The van der Waals surface area contributed by atoms with Crippen molar-refractivity contribution in [2.45, 2.75) is 84.0 Å². The van der Waals surface area contributed by atoms with Crippen LogP contribution >= 0.6 is 0 Å². The van der Waals surface area contributed by atoms with Crippen LogP contribution in [-0.2, 0) is 22.7 Å². The second-order valence-electron chi connectivity index (χ2n) is 10.7. The van der Waals surface area contributed by atoms with Crippen LogP contribution in [0.15, 0.2) is 28.0 Å². The molecule has 0 saturated carbocycles. The Labute approximate surface area is 251 Å². The van der Waals surface area contributed by atoms with Gasteiger partial charge >= 0.3 is 0 Å². The average Bonchev–Trinajstić information content (AvgIpc) is 2.99. The Bertz CT molecular complexity index is 1330. The molecule has 0 bridgehead atoms. The van der Waals surface area contributed by atoms with E-state index in [1.807, 2.05) is 0 Å². The van der Waals surface area contributed by atoms with E-state index in [2.05, 4.69) is 10.6 Å². The number of nitrogens with two attached hydrogens (primary N) is 4. The number of ether oxygens (including phenoxy) is 1. The second-order valence-corrected chi connectivity index (χ2v) is 10.7. The highest BCUT2D eigenvalue weighted by atomic mass is 16.5. The summed E-state index contributed by atoms with van der Waals surface area (Å²) in [5, 5.41) is 16.2. The monoisotopic (exact) mass is 604 g/mol. The van der Waals surface area contributed by atoms with Crippen molar-refractivity contribution < 1.29 is 19.4 Å². The normalized spacial score (nSPS) is 12.5. The number of aromatic hydroxyl groups is 1. The maximum absolute atomic E-state index is 12.8. The molecule has 240 valence electrons. The molecule has 0 fully saturated rings. The SMILES string of the molecule is Cc1c(Oc2cn(CCCNC(=O)CCC(N)CN)c(C)c(O)c2=O)c(=O)ccn1CCC(=O)NCCCCC(N)CN. The van der Waals surface area contributed by atoms with Gasteiger partial charge in [0.2, 0.25) is 17.2 Å². The molecule has 0 aliphatic heterocycles. The third-order valence-electron chi connectivity index (χ3n) is 7.24. The number of hydrogen-bond acceptors (Lipinski definition) is 10. The second kappa shape index (κ2) is 18.1. The summed E-state index contributed by atoms with van der Waals surface area (Å²) in [5.41, 5.74) is 22.1. The molecule has 43 heavy (non-hydrogen) atoms. The fourth-order valence-corrected chi connectivity index (χ4v) is 4.34. The van der Waals surface area contributed by atoms with E-state index in [1.54, 1.807) is 29.2 Å². The van der Waals surface area contributed by atoms with Gasteiger partial charge in [-0.3, -0.25) is 19.2 Å². The van der Waals surface area contributed by atoms with Crippen molar-refractivity contribution in [3.05, 3.63) is 50.3 Å². The zero-order valence-corrected chi connectivity index (χ0v) is 25.3. The number of carbonyl (C=O) groups excluding carboxylic acids is 2. The molecule has 2 aromatic rings. The van der Waals surface area contributed by atoms with Gasteiger partial charge in [-0.15, -0.1) is 0 Å². The molecule has 11 N–H and O–H groups in total. The third-order valence-corrected chi connectivity index (χ3v) is 7.24. The predicted octanol–water partition coefficient (Wildman–Crippen LogP) is -0.340. The Hall–Kier alpha value is -3.72. The van der Waals surface area contributed by atoms with Gasteiger partial charge in [0.15, 0.2) is 17.2 Å². The minimum Gasteiger partial charge on any atom is -0.503 e.